The van der Waals surface area contributed by atoms with Gasteiger partial charge in [0.2, 0.25) is 5.91 Å². The summed E-state index contributed by atoms with van der Waals surface area (Å²) >= 11 is 0. The van der Waals surface area contributed by atoms with Crippen molar-refractivity contribution in [1.29, 1.82) is 0 Å². The average molecular weight is 384 g/mol. The van der Waals surface area contributed by atoms with Crippen LogP contribution in [0.5, 0.6) is 11.5 Å². The minimum atomic E-state index is -0.326. The van der Waals surface area contributed by atoms with E-state index in [2.05, 4.69) is 15.2 Å². The van der Waals surface area contributed by atoms with Crippen LogP contribution in [-0.4, -0.2) is 62.1 Å². The smallest absolute Gasteiger partial charge is 0.274 e. The summed E-state index contributed by atoms with van der Waals surface area (Å²) in [5.74, 6) is 0.902. The number of benzene rings is 1. The largest absolute Gasteiger partial charge is 0.497 e. The highest BCUT2D eigenvalue weighted by atomic mass is 16.5. The highest BCUT2D eigenvalue weighted by Gasteiger charge is 2.20. The fraction of sp³-hybridized carbons (Fsp3) is 0.350. The lowest BCUT2D eigenvalue weighted by atomic mass is 10.2. The van der Waals surface area contributed by atoms with Crippen LogP contribution >= 0.6 is 0 Å². The molecule has 0 atom stereocenters. The SMILES string of the molecule is COc1ccc(NC(=O)c2cc(N3CCN(C(C)=O)CC3)ccn2)c(OC)c1. The third kappa shape index (κ3) is 4.33. The van der Waals surface area contributed by atoms with E-state index in [0.29, 0.717) is 36.0 Å². The molecular weight excluding hydrogens is 360 g/mol. The number of nitrogens with zero attached hydrogens (tertiary/aromatic N) is 3. The van der Waals surface area contributed by atoms with Gasteiger partial charge in [-0.25, -0.2) is 0 Å². The lowest BCUT2D eigenvalue weighted by molar-refractivity contribution is -0.129. The first-order valence-electron chi connectivity index (χ1n) is 9.01. The molecule has 0 radical (unpaired) electrons. The van der Waals surface area contributed by atoms with Gasteiger partial charge in [0.1, 0.15) is 17.2 Å². The summed E-state index contributed by atoms with van der Waals surface area (Å²) in [5, 5.41) is 2.83. The van der Waals surface area contributed by atoms with Crippen molar-refractivity contribution in [2.75, 3.05) is 50.6 Å². The van der Waals surface area contributed by atoms with Crippen LogP contribution in [0.25, 0.3) is 0 Å². The molecule has 0 spiro atoms. The Morgan fingerprint density at radius 2 is 1.79 bits per heavy atom. The molecule has 1 aliphatic heterocycles. The number of rotatable bonds is 5. The molecule has 1 aromatic heterocycles. The van der Waals surface area contributed by atoms with Crippen molar-refractivity contribution in [1.82, 2.24) is 9.88 Å². The molecule has 148 valence electrons. The summed E-state index contributed by atoms with van der Waals surface area (Å²) in [6, 6.07) is 8.80. The maximum Gasteiger partial charge on any atom is 0.274 e. The van der Waals surface area contributed by atoms with E-state index in [1.165, 1.54) is 7.11 Å². The topological polar surface area (TPSA) is 84.0 Å². The van der Waals surface area contributed by atoms with Gasteiger partial charge < -0.3 is 24.6 Å². The predicted octanol–water partition coefficient (Wildman–Crippen LogP) is 2.02. The second kappa shape index (κ2) is 8.60. The Morgan fingerprint density at radius 3 is 2.43 bits per heavy atom. The maximum absolute atomic E-state index is 12.7. The van der Waals surface area contributed by atoms with Gasteiger partial charge in [-0.1, -0.05) is 0 Å². The molecular formula is C20H24N4O4. The van der Waals surface area contributed by atoms with Crippen molar-refractivity contribution in [3.05, 3.63) is 42.2 Å². The molecule has 0 unspecified atom stereocenters. The Hall–Kier alpha value is -3.29. The Kier molecular flexibility index (Phi) is 5.98. The molecule has 1 fully saturated rings. The van der Waals surface area contributed by atoms with Gasteiger partial charge in [-0.2, -0.15) is 0 Å². The van der Waals surface area contributed by atoms with Crippen molar-refractivity contribution >= 4 is 23.2 Å². The Bertz CT molecular complexity index is 863. The quantitative estimate of drug-likeness (QED) is 0.849. The number of methoxy groups -OCH3 is 2. The molecule has 8 heteroatoms. The number of carbonyl (C=O) groups excluding carboxylic acids is 2. The molecule has 2 heterocycles. The van der Waals surface area contributed by atoms with Crippen LogP contribution < -0.4 is 19.7 Å². The van der Waals surface area contributed by atoms with Gasteiger partial charge in [0.25, 0.3) is 5.91 Å². The van der Waals surface area contributed by atoms with Gasteiger partial charge in [0.05, 0.1) is 19.9 Å². The molecule has 3 rings (SSSR count). The minimum absolute atomic E-state index is 0.0860. The molecule has 1 aliphatic rings. The molecule has 1 aromatic carbocycles. The highest BCUT2D eigenvalue weighted by Crippen LogP contribution is 2.29. The van der Waals surface area contributed by atoms with E-state index in [9.17, 15) is 9.59 Å². The monoisotopic (exact) mass is 384 g/mol. The van der Waals surface area contributed by atoms with Crippen LogP contribution in [-0.2, 0) is 4.79 Å². The summed E-state index contributed by atoms with van der Waals surface area (Å²) in [7, 11) is 3.10. The van der Waals surface area contributed by atoms with Crippen molar-refractivity contribution in [3.8, 4) is 11.5 Å². The average Bonchev–Trinajstić information content (AvgIpc) is 2.74. The van der Waals surface area contributed by atoms with Crippen LogP contribution in [0.3, 0.4) is 0 Å². The summed E-state index contributed by atoms with van der Waals surface area (Å²) in [5.41, 5.74) is 1.75. The zero-order valence-corrected chi connectivity index (χ0v) is 16.3. The molecule has 2 aromatic rings. The highest BCUT2D eigenvalue weighted by molar-refractivity contribution is 6.04. The number of amides is 2. The molecule has 1 saturated heterocycles. The Balaban J connectivity index is 1.72. The Morgan fingerprint density at radius 1 is 1.04 bits per heavy atom. The first-order chi connectivity index (χ1) is 13.5. The third-order valence-electron chi connectivity index (χ3n) is 4.72. The van der Waals surface area contributed by atoms with E-state index in [1.54, 1.807) is 44.5 Å². The molecule has 0 saturated carbocycles. The maximum atomic E-state index is 12.7. The summed E-state index contributed by atoms with van der Waals surface area (Å²) in [6.07, 6.45) is 1.62. The van der Waals surface area contributed by atoms with Crippen LogP contribution in [0.15, 0.2) is 36.5 Å². The number of anilines is 2. The lowest BCUT2D eigenvalue weighted by Gasteiger charge is -2.35. The number of pyridine rings is 1. The number of hydrogen-bond acceptors (Lipinski definition) is 6. The van der Waals surface area contributed by atoms with Crippen molar-refractivity contribution in [3.63, 3.8) is 0 Å². The minimum Gasteiger partial charge on any atom is -0.497 e. The van der Waals surface area contributed by atoms with Crippen LogP contribution in [0.2, 0.25) is 0 Å². The first kappa shape index (κ1) is 19.5. The van der Waals surface area contributed by atoms with Gasteiger partial charge in [-0.3, -0.25) is 14.6 Å². The second-order valence-electron chi connectivity index (χ2n) is 6.41. The molecule has 28 heavy (non-hydrogen) atoms. The van der Waals surface area contributed by atoms with Crippen LogP contribution in [0.1, 0.15) is 17.4 Å². The second-order valence-corrected chi connectivity index (χ2v) is 6.41. The lowest BCUT2D eigenvalue weighted by Crippen LogP contribution is -2.48. The first-order valence-corrected chi connectivity index (χ1v) is 9.01. The van der Waals surface area contributed by atoms with E-state index in [0.717, 1.165) is 18.8 Å². The number of aromatic nitrogens is 1. The van der Waals surface area contributed by atoms with Gasteiger partial charge >= 0.3 is 0 Å². The van der Waals surface area contributed by atoms with E-state index >= 15 is 0 Å². The van der Waals surface area contributed by atoms with Gasteiger partial charge in [-0.15, -0.1) is 0 Å². The number of nitrogens with one attached hydrogen (secondary N) is 1. The van der Waals surface area contributed by atoms with Crippen molar-refractivity contribution < 1.29 is 19.1 Å². The van der Waals surface area contributed by atoms with E-state index in [4.69, 9.17) is 9.47 Å². The number of ether oxygens (including phenoxy) is 2. The number of carbonyl (C=O) groups is 2. The molecule has 2 amide bonds. The molecule has 0 bridgehead atoms. The molecule has 8 nitrogen and oxygen atoms in total. The predicted molar refractivity (Wildman–Crippen MR) is 106 cm³/mol. The van der Waals surface area contributed by atoms with Gasteiger partial charge in [0, 0.05) is 51.1 Å². The fourth-order valence-electron chi connectivity index (χ4n) is 3.11. The standard InChI is InChI=1S/C20H24N4O4/c1-14(25)23-8-10-24(11-9-23)15-6-7-21-18(12-15)20(26)22-17-5-4-16(27-2)13-19(17)28-3/h4-7,12-13H,8-11H2,1-3H3,(H,22,26). The van der Waals surface area contributed by atoms with Crippen molar-refractivity contribution in [2.45, 2.75) is 6.92 Å². The normalized spacial score (nSPS) is 13.8. The zero-order valence-electron chi connectivity index (χ0n) is 16.3. The third-order valence-corrected chi connectivity index (χ3v) is 4.72. The van der Waals surface area contributed by atoms with Crippen LogP contribution in [0.4, 0.5) is 11.4 Å². The van der Waals surface area contributed by atoms with Crippen LogP contribution in [0, 0.1) is 0 Å². The van der Waals surface area contributed by atoms with E-state index in [1.807, 2.05) is 11.0 Å². The number of hydrogen-bond donors (Lipinski definition) is 1. The summed E-state index contributed by atoms with van der Waals surface area (Å²) in [6.45, 7) is 4.36. The molecule has 0 aliphatic carbocycles. The number of piperazine rings is 1. The van der Waals surface area contributed by atoms with Gasteiger partial charge in [-0.05, 0) is 24.3 Å². The molecule has 1 N–H and O–H groups in total. The van der Waals surface area contributed by atoms with E-state index < -0.39 is 0 Å². The van der Waals surface area contributed by atoms with E-state index in [-0.39, 0.29) is 11.8 Å². The summed E-state index contributed by atoms with van der Waals surface area (Å²) in [4.78, 5) is 32.3. The summed E-state index contributed by atoms with van der Waals surface area (Å²) < 4.78 is 10.5. The Labute approximate surface area is 164 Å². The fourth-order valence-corrected chi connectivity index (χ4v) is 3.11. The van der Waals surface area contributed by atoms with Crippen molar-refractivity contribution in [2.24, 2.45) is 0 Å². The van der Waals surface area contributed by atoms with Gasteiger partial charge in [0.15, 0.2) is 0 Å². The zero-order chi connectivity index (χ0) is 20.1.